The van der Waals surface area contributed by atoms with Gasteiger partial charge < -0.3 is 9.80 Å². The Kier molecular flexibility index (Phi) is 4.73. The summed E-state index contributed by atoms with van der Waals surface area (Å²) in [7, 11) is 0. The van der Waals surface area contributed by atoms with Crippen LogP contribution in [0.25, 0.3) is 0 Å². The van der Waals surface area contributed by atoms with E-state index in [0.29, 0.717) is 37.5 Å². The van der Waals surface area contributed by atoms with Gasteiger partial charge in [0, 0.05) is 38.0 Å². The Morgan fingerprint density at radius 2 is 1.75 bits per heavy atom. The average molecular weight is 349 g/mol. The summed E-state index contributed by atoms with van der Waals surface area (Å²) in [6.07, 6.45) is 3.43. The summed E-state index contributed by atoms with van der Waals surface area (Å²) in [5, 5.41) is 0. The second kappa shape index (κ2) is 6.51. The number of piperazine rings is 1. The monoisotopic (exact) mass is 348 g/mol. The van der Waals surface area contributed by atoms with E-state index in [1.165, 1.54) is 16.9 Å². The Balaban J connectivity index is 1.68. The summed E-state index contributed by atoms with van der Waals surface area (Å²) in [6.45, 7) is 11.1. The van der Waals surface area contributed by atoms with Crippen molar-refractivity contribution in [1.29, 1.82) is 0 Å². The topological polar surface area (TPSA) is 40.6 Å². The van der Waals surface area contributed by atoms with Crippen molar-refractivity contribution in [2.75, 3.05) is 26.2 Å². The van der Waals surface area contributed by atoms with Crippen LogP contribution in [0.2, 0.25) is 0 Å². The van der Waals surface area contributed by atoms with Crippen LogP contribution in [0.1, 0.15) is 54.2 Å². The molecule has 2 aliphatic rings. The van der Waals surface area contributed by atoms with E-state index < -0.39 is 0 Å². The number of rotatable bonds is 1. The third-order valence-electron chi connectivity index (χ3n) is 5.53. The Labute approximate surface area is 148 Å². The molecule has 1 saturated heterocycles. The normalized spacial score (nSPS) is 21.6. The third kappa shape index (κ3) is 3.51. The van der Waals surface area contributed by atoms with Gasteiger partial charge in [0.25, 0.3) is 5.91 Å². The van der Waals surface area contributed by atoms with E-state index in [9.17, 15) is 9.59 Å². The van der Waals surface area contributed by atoms with E-state index >= 15 is 0 Å². The van der Waals surface area contributed by atoms with Gasteiger partial charge in [0.15, 0.2) is 0 Å². The van der Waals surface area contributed by atoms with Crippen molar-refractivity contribution in [2.45, 2.75) is 47.0 Å². The van der Waals surface area contributed by atoms with Crippen LogP contribution in [0.3, 0.4) is 0 Å². The Morgan fingerprint density at radius 3 is 2.33 bits per heavy atom. The van der Waals surface area contributed by atoms with Crippen LogP contribution in [0.5, 0.6) is 0 Å². The molecule has 2 heterocycles. The standard InChI is InChI=1S/C19H28N2O2S/c1-13(22)20-7-9-21(10-8-20)18(23)17-12-14-11-15(19(2,3)4)5-6-16(14)24-17/h12,15H,5-11H2,1-4H3/t15-/m1/s1. The van der Waals surface area contributed by atoms with Gasteiger partial charge in [0.1, 0.15) is 0 Å². The fourth-order valence-corrected chi connectivity index (χ4v) is 4.92. The number of carbonyl (C=O) groups excluding carboxylic acids is 2. The average Bonchev–Trinajstić information content (AvgIpc) is 2.96. The number of hydrogen-bond donors (Lipinski definition) is 0. The minimum atomic E-state index is 0.0990. The quantitative estimate of drug-likeness (QED) is 0.782. The van der Waals surface area contributed by atoms with E-state index in [1.807, 2.05) is 9.80 Å². The highest BCUT2D eigenvalue weighted by Crippen LogP contribution is 2.40. The van der Waals surface area contributed by atoms with Gasteiger partial charge in [-0.25, -0.2) is 0 Å². The van der Waals surface area contributed by atoms with Crippen LogP contribution >= 0.6 is 11.3 Å². The first-order valence-corrected chi connectivity index (χ1v) is 9.73. The predicted molar refractivity (Wildman–Crippen MR) is 97.4 cm³/mol. The van der Waals surface area contributed by atoms with E-state index in [0.717, 1.165) is 17.7 Å². The zero-order valence-electron chi connectivity index (χ0n) is 15.2. The van der Waals surface area contributed by atoms with Gasteiger partial charge >= 0.3 is 0 Å². The molecule has 1 aromatic heterocycles. The molecule has 24 heavy (non-hydrogen) atoms. The second-order valence-electron chi connectivity index (χ2n) is 8.16. The van der Waals surface area contributed by atoms with Crippen molar-refractivity contribution in [3.63, 3.8) is 0 Å². The maximum Gasteiger partial charge on any atom is 0.264 e. The van der Waals surface area contributed by atoms with Crippen molar-refractivity contribution < 1.29 is 9.59 Å². The lowest BCUT2D eigenvalue weighted by molar-refractivity contribution is -0.130. The molecule has 1 atom stereocenters. The molecule has 2 amide bonds. The van der Waals surface area contributed by atoms with Gasteiger partial charge in [-0.2, -0.15) is 0 Å². The number of fused-ring (bicyclic) bond motifs is 1. The van der Waals surface area contributed by atoms with Gasteiger partial charge in [-0.05, 0) is 42.2 Å². The summed E-state index contributed by atoms with van der Waals surface area (Å²) in [6, 6.07) is 2.14. The molecular weight excluding hydrogens is 320 g/mol. The zero-order chi connectivity index (χ0) is 17.5. The van der Waals surface area contributed by atoms with Crippen LogP contribution in [0.15, 0.2) is 6.07 Å². The number of amides is 2. The molecule has 0 saturated carbocycles. The number of nitrogens with zero attached hydrogens (tertiary/aromatic N) is 2. The van der Waals surface area contributed by atoms with Gasteiger partial charge in [-0.1, -0.05) is 20.8 Å². The lowest BCUT2D eigenvalue weighted by Gasteiger charge is -2.34. The molecule has 1 fully saturated rings. The van der Waals surface area contributed by atoms with Crippen LogP contribution in [-0.2, 0) is 17.6 Å². The van der Waals surface area contributed by atoms with E-state index in [-0.39, 0.29) is 11.8 Å². The molecule has 5 heteroatoms. The molecule has 0 radical (unpaired) electrons. The maximum atomic E-state index is 12.8. The molecule has 0 bridgehead atoms. The number of aryl methyl sites for hydroxylation is 1. The number of thiophene rings is 1. The molecular formula is C19H28N2O2S. The summed E-state index contributed by atoms with van der Waals surface area (Å²) in [4.78, 5) is 30.2. The minimum absolute atomic E-state index is 0.0990. The lowest BCUT2D eigenvalue weighted by Crippen LogP contribution is -2.49. The van der Waals surface area contributed by atoms with Crippen LogP contribution in [0.4, 0.5) is 0 Å². The molecule has 0 spiro atoms. The van der Waals surface area contributed by atoms with Crippen LogP contribution in [-0.4, -0.2) is 47.8 Å². The molecule has 0 unspecified atom stereocenters. The summed E-state index contributed by atoms with van der Waals surface area (Å²) in [5.74, 6) is 0.938. The fraction of sp³-hybridized carbons (Fsp3) is 0.684. The van der Waals surface area contributed by atoms with Gasteiger partial charge in [0.05, 0.1) is 4.88 Å². The maximum absolute atomic E-state index is 12.8. The second-order valence-corrected chi connectivity index (χ2v) is 9.30. The van der Waals surface area contributed by atoms with Gasteiger partial charge in [-0.3, -0.25) is 9.59 Å². The summed E-state index contributed by atoms with van der Waals surface area (Å²) in [5.41, 5.74) is 1.71. The van der Waals surface area contributed by atoms with Crippen molar-refractivity contribution in [3.8, 4) is 0 Å². The highest BCUT2D eigenvalue weighted by Gasteiger charge is 2.31. The molecule has 1 aliphatic heterocycles. The number of carbonyl (C=O) groups is 2. The van der Waals surface area contributed by atoms with E-state index in [4.69, 9.17) is 0 Å². The Morgan fingerprint density at radius 1 is 1.12 bits per heavy atom. The largest absolute Gasteiger partial charge is 0.339 e. The highest BCUT2D eigenvalue weighted by atomic mass is 32.1. The third-order valence-corrected chi connectivity index (χ3v) is 6.76. The molecule has 0 N–H and O–H groups in total. The van der Waals surface area contributed by atoms with Crippen molar-refractivity contribution in [3.05, 3.63) is 21.4 Å². The highest BCUT2D eigenvalue weighted by molar-refractivity contribution is 7.14. The first kappa shape index (κ1) is 17.5. The Bertz CT molecular complexity index is 636. The minimum Gasteiger partial charge on any atom is -0.339 e. The molecule has 1 aliphatic carbocycles. The van der Waals surface area contributed by atoms with Crippen LogP contribution < -0.4 is 0 Å². The van der Waals surface area contributed by atoms with Crippen molar-refractivity contribution in [2.24, 2.45) is 11.3 Å². The van der Waals surface area contributed by atoms with E-state index in [1.54, 1.807) is 18.3 Å². The molecule has 4 nitrogen and oxygen atoms in total. The first-order valence-electron chi connectivity index (χ1n) is 8.92. The molecule has 3 rings (SSSR count). The lowest BCUT2D eigenvalue weighted by atomic mass is 9.72. The van der Waals surface area contributed by atoms with Gasteiger partial charge in [-0.15, -0.1) is 11.3 Å². The number of hydrogen-bond acceptors (Lipinski definition) is 3. The fourth-order valence-electron chi connectivity index (χ4n) is 3.75. The smallest absolute Gasteiger partial charge is 0.264 e. The SMILES string of the molecule is CC(=O)N1CCN(C(=O)c2cc3c(s2)CC[C@@H](C(C)(C)C)C3)CC1. The Hall–Kier alpha value is -1.36. The van der Waals surface area contributed by atoms with Gasteiger partial charge in [0.2, 0.25) is 5.91 Å². The molecule has 0 aromatic carbocycles. The molecule has 132 valence electrons. The summed E-state index contributed by atoms with van der Waals surface area (Å²) >= 11 is 1.69. The van der Waals surface area contributed by atoms with Crippen molar-refractivity contribution in [1.82, 2.24) is 9.80 Å². The summed E-state index contributed by atoms with van der Waals surface area (Å²) < 4.78 is 0. The first-order chi connectivity index (χ1) is 11.3. The zero-order valence-corrected chi connectivity index (χ0v) is 16.0. The van der Waals surface area contributed by atoms with Crippen molar-refractivity contribution >= 4 is 23.2 Å². The van der Waals surface area contributed by atoms with Crippen LogP contribution in [0, 0.1) is 11.3 Å². The predicted octanol–water partition coefficient (Wildman–Crippen LogP) is 3.20. The molecule has 1 aromatic rings. The van der Waals surface area contributed by atoms with E-state index in [2.05, 4.69) is 26.8 Å².